The highest BCUT2D eigenvalue weighted by molar-refractivity contribution is 5.76. The summed E-state index contributed by atoms with van der Waals surface area (Å²) < 4.78 is 5.45. The van der Waals surface area contributed by atoms with Gasteiger partial charge in [0.25, 0.3) is 0 Å². The van der Waals surface area contributed by atoms with Gasteiger partial charge < -0.3 is 24.3 Å². The van der Waals surface area contributed by atoms with Gasteiger partial charge in [0.05, 0.1) is 0 Å². The second-order valence-electron chi connectivity index (χ2n) is 10.8. The molecular formula is C27H34N6O3. The van der Waals surface area contributed by atoms with E-state index < -0.39 is 11.0 Å². The van der Waals surface area contributed by atoms with E-state index in [-0.39, 0.29) is 12.6 Å². The molecule has 0 saturated carbocycles. The Morgan fingerprint density at radius 2 is 1.83 bits per heavy atom. The minimum atomic E-state index is -1.25. The Bertz CT molecular complexity index is 1250. The van der Waals surface area contributed by atoms with Crippen LogP contribution in [0.15, 0.2) is 47.2 Å². The molecule has 9 heteroatoms. The van der Waals surface area contributed by atoms with Crippen LogP contribution in [0.2, 0.25) is 0 Å². The lowest BCUT2D eigenvalue weighted by Crippen LogP contribution is -2.63. The number of hydrogen-bond acceptors (Lipinski definition) is 7. The third kappa shape index (κ3) is 4.06. The number of pyridine rings is 1. The van der Waals surface area contributed by atoms with E-state index in [1.54, 1.807) is 29.2 Å². The maximum absolute atomic E-state index is 12.4. The number of benzene rings is 1. The number of aliphatic hydroxyl groups is 1. The SMILES string of the molecule is CC(C)c1ccc([C@](O)(c2cncc(-c3noc(CN4CCN(C)C4=O)n3)c2)C2(C)CN(C)C2)cc1. The number of rotatable bonds is 7. The number of aromatic nitrogens is 3. The first-order valence-corrected chi connectivity index (χ1v) is 12.4. The predicted molar refractivity (Wildman–Crippen MR) is 135 cm³/mol. The van der Waals surface area contributed by atoms with Crippen molar-refractivity contribution in [3.05, 3.63) is 65.3 Å². The Balaban J connectivity index is 1.48. The Morgan fingerprint density at radius 3 is 2.44 bits per heavy atom. The molecule has 1 N–H and O–H groups in total. The van der Waals surface area contributed by atoms with E-state index in [2.05, 4.69) is 60.0 Å². The van der Waals surface area contributed by atoms with Crippen molar-refractivity contribution in [3.63, 3.8) is 0 Å². The molecule has 2 saturated heterocycles. The maximum Gasteiger partial charge on any atom is 0.320 e. The van der Waals surface area contributed by atoms with Crippen LogP contribution in [0.25, 0.3) is 11.4 Å². The van der Waals surface area contributed by atoms with Gasteiger partial charge in [0.2, 0.25) is 11.7 Å². The molecule has 2 amide bonds. The number of likely N-dealkylation sites (N-methyl/N-ethyl adjacent to an activating group) is 1. The second-order valence-corrected chi connectivity index (χ2v) is 10.8. The van der Waals surface area contributed by atoms with Gasteiger partial charge in [-0.05, 0) is 30.2 Å². The number of likely N-dealkylation sites (tertiary alicyclic amines) is 1. The number of hydrogen-bond donors (Lipinski definition) is 1. The summed E-state index contributed by atoms with van der Waals surface area (Å²) in [6, 6.07) is 10.1. The molecule has 9 nitrogen and oxygen atoms in total. The van der Waals surface area contributed by atoms with Gasteiger partial charge >= 0.3 is 6.03 Å². The monoisotopic (exact) mass is 490 g/mol. The molecule has 190 valence electrons. The van der Waals surface area contributed by atoms with E-state index in [9.17, 15) is 9.90 Å². The molecule has 0 bridgehead atoms. The zero-order valence-electron chi connectivity index (χ0n) is 21.6. The second kappa shape index (κ2) is 8.97. The summed E-state index contributed by atoms with van der Waals surface area (Å²) in [5, 5.41) is 16.6. The fraction of sp³-hybridized carbons (Fsp3) is 0.481. The Morgan fingerprint density at radius 1 is 1.11 bits per heavy atom. The van der Waals surface area contributed by atoms with Gasteiger partial charge in [-0.15, -0.1) is 0 Å². The normalized spacial score (nSPS) is 19.6. The Labute approximate surface area is 211 Å². The van der Waals surface area contributed by atoms with Gasteiger partial charge in [-0.2, -0.15) is 4.98 Å². The van der Waals surface area contributed by atoms with Crippen molar-refractivity contribution >= 4 is 6.03 Å². The number of carbonyl (C=O) groups excluding carboxylic acids is 1. The van der Waals surface area contributed by atoms with Gasteiger partial charge in [-0.1, -0.05) is 50.2 Å². The van der Waals surface area contributed by atoms with Gasteiger partial charge in [-0.3, -0.25) is 4.98 Å². The fourth-order valence-electron chi connectivity index (χ4n) is 5.56. The van der Waals surface area contributed by atoms with Crippen molar-refractivity contribution in [3.8, 4) is 11.4 Å². The van der Waals surface area contributed by atoms with Gasteiger partial charge in [0.1, 0.15) is 12.1 Å². The third-order valence-corrected chi connectivity index (χ3v) is 7.62. The standard InChI is InChI=1S/C27H34N6O3/c1-18(2)19-6-8-21(9-7-19)27(35,26(3)16-31(4)17-26)22-12-20(13-28-14-22)24-29-23(36-30-24)15-33-11-10-32(5)25(33)34/h6-9,12-14,18,35H,10-11,15-17H2,1-5H3/t27-/m0/s1. The van der Waals surface area contributed by atoms with Crippen LogP contribution < -0.4 is 0 Å². The van der Waals surface area contributed by atoms with Crippen molar-refractivity contribution in [2.75, 3.05) is 40.3 Å². The number of nitrogens with zero attached hydrogens (tertiary/aromatic N) is 6. The van der Waals surface area contributed by atoms with Crippen LogP contribution in [-0.2, 0) is 12.1 Å². The first kappa shape index (κ1) is 24.4. The summed E-state index contributed by atoms with van der Waals surface area (Å²) in [5.41, 5.74) is 1.76. The molecule has 2 aromatic heterocycles. The minimum Gasteiger partial charge on any atom is -0.380 e. The van der Waals surface area contributed by atoms with E-state index in [1.807, 2.05) is 18.2 Å². The topological polar surface area (TPSA) is 98.8 Å². The lowest BCUT2D eigenvalue weighted by molar-refractivity contribution is -0.127. The van der Waals surface area contributed by atoms with Crippen LogP contribution in [0.4, 0.5) is 4.79 Å². The van der Waals surface area contributed by atoms with E-state index >= 15 is 0 Å². The molecule has 36 heavy (non-hydrogen) atoms. The highest BCUT2D eigenvalue weighted by Crippen LogP contribution is 2.50. The third-order valence-electron chi connectivity index (χ3n) is 7.62. The van der Waals surface area contributed by atoms with E-state index in [4.69, 9.17) is 4.52 Å². The smallest absolute Gasteiger partial charge is 0.320 e. The summed E-state index contributed by atoms with van der Waals surface area (Å²) in [6.45, 7) is 9.51. The summed E-state index contributed by atoms with van der Waals surface area (Å²) in [4.78, 5) is 26.7. The van der Waals surface area contributed by atoms with Crippen LogP contribution >= 0.6 is 0 Å². The average molecular weight is 491 g/mol. The first-order chi connectivity index (χ1) is 17.1. The summed E-state index contributed by atoms with van der Waals surface area (Å²) in [7, 11) is 3.83. The van der Waals surface area contributed by atoms with Crippen LogP contribution in [0.3, 0.4) is 0 Å². The van der Waals surface area contributed by atoms with Crippen LogP contribution in [0.1, 0.15) is 49.3 Å². The molecule has 0 radical (unpaired) electrons. The Hall–Kier alpha value is -3.30. The first-order valence-electron chi connectivity index (χ1n) is 12.4. The summed E-state index contributed by atoms with van der Waals surface area (Å²) in [5.74, 6) is 1.16. The molecule has 0 unspecified atom stereocenters. The van der Waals surface area contributed by atoms with Crippen LogP contribution in [-0.4, -0.2) is 81.2 Å². The van der Waals surface area contributed by atoms with Gasteiger partial charge in [-0.25, -0.2) is 4.79 Å². The highest BCUT2D eigenvalue weighted by Gasteiger charge is 2.55. The number of carbonyl (C=O) groups is 1. The Kier molecular flexibility index (Phi) is 6.08. The molecule has 1 aromatic carbocycles. The van der Waals surface area contributed by atoms with Gasteiger partial charge in [0.15, 0.2) is 0 Å². The van der Waals surface area contributed by atoms with Crippen LogP contribution in [0, 0.1) is 5.41 Å². The summed E-state index contributed by atoms with van der Waals surface area (Å²) in [6.07, 6.45) is 3.40. The average Bonchev–Trinajstić information content (AvgIpc) is 3.45. The molecule has 2 aliphatic heterocycles. The molecule has 0 aliphatic carbocycles. The molecule has 0 spiro atoms. The van der Waals surface area contributed by atoms with Gasteiger partial charge in [0, 0.05) is 62.2 Å². The maximum atomic E-state index is 12.4. The minimum absolute atomic E-state index is 0.0503. The molecule has 3 aromatic rings. The molecule has 5 rings (SSSR count). The number of urea groups is 1. The largest absolute Gasteiger partial charge is 0.380 e. The lowest BCUT2D eigenvalue weighted by atomic mass is 9.62. The van der Waals surface area contributed by atoms with Crippen LogP contribution in [0.5, 0.6) is 0 Å². The summed E-state index contributed by atoms with van der Waals surface area (Å²) >= 11 is 0. The number of amides is 2. The van der Waals surface area contributed by atoms with E-state index in [0.717, 1.165) is 18.7 Å². The zero-order valence-corrected chi connectivity index (χ0v) is 21.6. The lowest BCUT2D eigenvalue weighted by Gasteiger charge is -2.55. The zero-order chi connectivity index (χ0) is 25.7. The van der Waals surface area contributed by atoms with Crippen molar-refractivity contribution < 1.29 is 14.4 Å². The van der Waals surface area contributed by atoms with Crippen molar-refractivity contribution in [1.29, 1.82) is 0 Å². The van der Waals surface area contributed by atoms with Crippen molar-refractivity contribution in [2.45, 2.75) is 38.8 Å². The van der Waals surface area contributed by atoms with Crippen molar-refractivity contribution in [1.82, 2.24) is 29.8 Å². The van der Waals surface area contributed by atoms with Crippen molar-refractivity contribution in [2.24, 2.45) is 5.41 Å². The molecular weight excluding hydrogens is 456 g/mol. The molecule has 2 aliphatic rings. The highest BCUT2D eigenvalue weighted by atomic mass is 16.5. The van der Waals surface area contributed by atoms with E-state index in [1.165, 1.54) is 5.56 Å². The van der Waals surface area contributed by atoms with E-state index in [0.29, 0.717) is 41.8 Å². The predicted octanol–water partition coefficient (Wildman–Crippen LogP) is 3.31. The molecule has 2 fully saturated rings. The molecule has 4 heterocycles. The molecule has 1 atom stereocenters. The fourth-order valence-corrected chi connectivity index (χ4v) is 5.56. The quantitative estimate of drug-likeness (QED) is 0.542.